The normalized spacial score (nSPS) is 14.9. The molecule has 1 saturated heterocycles. The summed E-state index contributed by atoms with van der Waals surface area (Å²) < 4.78 is 7.56. The van der Waals surface area contributed by atoms with Gasteiger partial charge in [0.1, 0.15) is 11.3 Å². The minimum atomic E-state index is 0.715. The Morgan fingerprint density at radius 3 is 2.28 bits per heavy atom. The summed E-state index contributed by atoms with van der Waals surface area (Å²) >= 11 is 15.9. The van der Waals surface area contributed by atoms with E-state index in [4.69, 9.17) is 37.9 Å². The van der Waals surface area contributed by atoms with Gasteiger partial charge in [0, 0.05) is 31.2 Å². The van der Waals surface area contributed by atoms with Crippen LogP contribution in [0.15, 0.2) is 24.3 Å². The number of ether oxygens (including phenoxy) is 1. The molecule has 0 unspecified atom stereocenters. The minimum absolute atomic E-state index is 0.715. The Morgan fingerprint density at radius 1 is 0.931 bits per heavy atom. The van der Waals surface area contributed by atoms with E-state index in [-0.39, 0.29) is 0 Å². The molecule has 2 aromatic heterocycles. The lowest BCUT2D eigenvalue weighted by Crippen LogP contribution is -2.46. The summed E-state index contributed by atoms with van der Waals surface area (Å²) in [5, 5.41) is 3.52. The third-order valence-corrected chi connectivity index (χ3v) is 7.98. The third-order valence-electron chi connectivity index (χ3n) is 5.13. The maximum atomic E-state index is 6.38. The second-order valence-electron chi connectivity index (χ2n) is 6.96. The Kier molecular flexibility index (Phi) is 4.94. The molecule has 0 saturated carbocycles. The van der Waals surface area contributed by atoms with Crippen molar-refractivity contribution in [3.63, 3.8) is 0 Å². The first-order valence-corrected chi connectivity index (χ1v) is 11.6. The fraction of sp³-hybridized carbons (Fsp3) is 0.300. The van der Waals surface area contributed by atoms with Gasteiger partial charge in [-0.3, -0.25) is 0 Å². The highest BCUT2D eigenvalue weighted by Gasteiger charge is 2.23. The predicted molar refractivity (Wildman–Crippen MR) is 125 cm³/mol. The molecule has 0 aliphatic carbocycles. The minimum Gasteiger partial charge on any atom is -0.494 e. The molecule has 4 aromatic rings. The first-order valence-electron chi connectivity index (χ1n) is 9.23. The highest BCUT2D eigenvalue weighted by molar-refractivity contribution is 7.23. The Bertz CT molecular complexity index is 1210. The van der Waals surface area contributed by atoms with Gasteiger partial charge in [0.15, 0.2) is 10.3 Å². The zero-order valence-electron chi connectivity index (χ0n) is 15.9. The predicted octanol–water partition coefficient (Wildman–Crippen LogP) is 5.86. The highest BCUT2D eigenvalue weighted by atomic mass is 35.5. The fourth-order valence-corrected chi connectivity index (χ4v) is 6.39. The molecule has 0 bridgehead atoms. The van der Waals surface area contributed by atoms with Gasteiger partial charge >= 0.3 is 0 Å². The first kappa shape index (κ1) is 19.2. The molecule has 5 rings (SSSR count). The summed E-state index contributed by atoms with van der Waals surface area (Å²) in [6.45, 7) is 5.62. The molecule has 0 radical (unpaired) electrons. The van der Waals surface area contributed by atoms with E-state index in [1.165, 1.54) is 0 Å². The number of rotatable bonds is 3. The summed E-state index contributed by atoms with van der Waals surface area (Å²) in [5.41, 5.74) is 3.00. The molecule has 0 amide bonds. The van der Waals surface area contributed by atoms with Gasteiger partial charge in [-0.1, -0.05) is 45.9 Å². The average molecular weight is 465 g/mol. The van der Waals surface area contributed by atoms with Gasteiger partial charge in [-0.2, -0.15) is 0 Å². The van der Waals surface area contributed by atoms with Crippen LogP contribution >= 0.6 is 45.9 Å². The van der Waals surface area contributed by atoms with Crippen molar-refractivity contribution in [3.05, 3.63) is 39.9 Å². The van der Waals surface area contributed by atoms with E-state index in [1.807, 2.05) is 24.3 Å². The monoisotopic (exact) mass is 464 g/mol. The molecule has 0 atom stereocenters. The molecule has 1 aliphatic rings. The SMILES string of the molecule is COc1ccc(Cl)c2sc(N3CCN(c4nc5c(C)cc(Cl)cc5s4)CC3)nc12. The zero-order chi connectivity index (χ0) is 20.1. The van der Waals surface area contributed by atoms with Crippen molar-refractivity contribution in [1.29, 1.82) is 0 Å². The lowest BCUT2D eigenvalue weighted by Gasteiger charge is -2.34. The molecular weight excluding hydrogens is 447 g/mol. The second-order valence-corrected chi connectivity index (χ2v) is 9.79. The van der Waals surface area contributed by atoms with E-state index in [2.05, 4.69) is 16.7 Å². The topological polar surface area (TPSA) is 41.5 Å². The number of benzene rings is 2. The quantitative estimate of drug-likeness (QED) is 0.379. The van der Waals surface area contributed by atoms with Gasteiger partial charge < -0.3 is 14.5 Å². The molecule has 9 heteroatoms. The Morgan fingerprint density at radius 2 is 1.59 bits per heavy atom. The van der Waals surface area contributed by atoms with Crippen molar-refractivity contribution in [3.8, 4) is 5.75 Å². The number of aryl methyl sites for hydroxylation is 1. The van der Waals surface area contributed by atoms with E-state index in [9.17, 15) is 0 Å². The first-order chi connectivity index (χ1) is 14.0. The molecule has 3 heterocycles. The van der Waals surface area contributed by atoms with Gasteiger partial charge in [0.25, 0.3) is 0 Å². The summed E-state index contributed by atoms with van der Waals surface area (Å²) in [4.78, 5) is 14.3. The lowest BCUT2D eigenvalue weighted by atomic mass is 10.2. The number of nitrogens with zero attached hydrogens (tertiary/aromatic N) is 4. The van der Waals surface area contributed by atoms with E-state index < -0.39 is 0 Å². The third kappa shape index (κ3) is 3.40. The van der Waals surface area contributed by atoms with E-state index in [1.54, 1.807) is 29.8 Å². The van der Waals surface area contributed by atoms with Crippen molar-refractivity contribution in [1.82, 2.24) is 9.97 Å². The summed E-state index contributed by atoms with van der Waals surface area (Å²) in [6, 6.07) is 7.70. The highest BCUT2D eigenvalue weighted by Crippen LogP contribution is 2.39. The number of halogens is 2. The number of hydrogen-bond donors (Lipinski definition) is 0. The molecule has 29 heavy (non-hydrogen) atoms. The van der Waals surface area contributed by atoms with Crippen molar-refractivity contribution >= 4 is 76.6 Å². The number of thiazole rings is 2. The molecular formula is C20H18Cl2N4OS2. The van der Waals surface area contributed by atoms with Crippen LogP contribution in [0.1, 0.15) is 5.56 Å². The zero-order valence-corrected chi connectivity index (χ0v) is 19.1. The number of aromatic nitrogens is 2. The molecule has 2 aromatic carbocycles. The van der Waals surface area contributed by atoms with Crippen LogP contribution in [0, 0.1) is 6.92 Å². The molecule has 1 fully saturated rings. The molecule has 5 nitrogen and oxygen atoms in total. The van der Waals surface area contributed by atoms with Gasteiger partial charge in [-0.15, -0.1) is 0 Å². The van der Waals surface area contributed by atoms with E-state index >= 15 is 0 Å². The summed E-state index contributed by atoms with van der Waals surface area (Å²) in [6.07, 6.45) is 0. The largest absolute Gasteiger partial charge is 0.494 e. The van der Waals surface area contributed by atoms with Crippen LogP contribution in [0.3, 0.4) is 0 Å². The van der Waals surface area contributed by atoms with Crippen LogP contribution in [0.25, 0.3) is 20.4 Å². The standard InChI is InChI=1S/C20H18Cl2N4OS2/c1-11-9-12(21)10-15-16(11)23-19(28-15)25-5-7-26(8-6-25)20-24-17-14(27-2)4-3-13(22)18(17)29-20/h3-4,9-10H,5-8H2,1-2H3. The average Bonchev–Trinajstić information content (AvgIpc) is 3.34. The van der Waals surface area contributed by atoms with Crippen LogP contribution in [-0.2, 0) is 0 Å². The number of anilines is 2. The number of fused-ring (bicyclic) bond motifs is 2. The molecule has 150 valence electrons. The molecule has 0 N–H and O–H groups in total. The Labute approximate surface area is 186 Å². The lowest BCUT2D eigenvalue weighted by molar-refractivity contribution is 0.419. The maximum Gasteiger partial charge on any atom is 0.186 e. The van der Waals surface area contributed by atoms with Crippen molar-refractivity contribution in [2.24, 2.45) is 0 Å². The Hall–Kier alpha value is -1.80. The van der Waals surface area contributed by atoms with Gasteiger partial charge in [-0.25, -0.2) is 9.97 Å². The molecule has 0 spiro atoms. The van der Waals surface area contributed by atoms with Crippen molar-refractivity contribution in [2.75, 3.05) is 43.1 Å². The van der Waals surface area contributed by atoms with Crippen LogP contribution in [-0.4, -0.2) is 43.3 Å². The van der Waals surface area contributed by atoms with E-state index in [0.29, 0.717) is 5.02 Å². The number of methoxy groups -OCH3 is 1. The van der Waals surface area contributed by atoms with Gasteiger partial charge in [0.05, 0.1) is 27.0 Å². The number of hydrogen-bond acceptors (Lipinski definition) is 7. The maximum absolute atomic E-state index is 6.38. The number of piperazine rings is 1. The van der Waals surface area contributed by atoms with E-state index in [0.717, 1.165) is 73.2 Å². The fourth-order valence-electron chi connectivity index (χ4n) is 3.61. The summed E-state index contributed by atoms with van der Waals surface area (Å²) in [7, 11) is 1.66. The summed E-state index contributed by atoms with van der Waals surface area (Å²) in [5.74, 6) is 0.758. The van der Waals surface area contributed by atoms with Crippen LogP contribution < -0.4 is 14.5 Å². The van der Waals surface area contributed by atoms with Crippen molar-refractivity contribution in [2.45, 2.75) is 6.92 Å². The van der Waals surface area contributed by atoms with Crippen LogP contribution in [0.5, 0.6) is 5.75 Å². The smallest absolute Gasteiger partial charge is 0.186 e. The van der Waals surface area contributed by atoms with Crippen LogP contribution in [0.2, 0.25) is 10.0 Å². The van der Waals surface area contributed by atoms with Crippen molar-refractivity contribution < 1.29 is 4.74 Å². The molecule has 1 aliphatic heterocycles. The van der Waals surface area contributed by atoms with Gasteiger partial charge in [-0.05, 0) is 36.8 Å². The Balaban J connectivity index is 1.37. The van der Waals surface area contributed by atoms with Gasteiger partial charge in [0.2, 0.25) is 0 Å². The second kappa shape index (κ2) is 7.47. The van der Waals surface area contributed by atoms with Crippen LogP contribution in [0.4, 0.5) is 10.3 Å².